The van der Waals surface area contributed by atoms with E-state index in [0.29, 0.717) is 13.2 Å². The van der Waals surface area contributed by atoms with Crippen molar-refractivity contribution in [2.75, 3.05) is 19.8 Å². The number of nitrogens with two attached hydrogens (primary N) is 1. The monoisotopic (exact) mass is 417 g/mol. The highest BCUT2D eigenvalue weighted by Crippen LogP contribution is 2.26. The number of aromatic amines is 1. The Morgan fingerprint density at radius 1 is 1.10 bits per heavy atom. The van der Waals surface area contributed by atoms with E-state index in [9.17, 15) is 15.0 Å². The summed E-state index contributed by atoms with van der Waals surface area (Å²) in [5, 5.41) is 19.7. The Morgan fingerprint density at radius 3 is 2.26 bits per heavy atom. The van der Waals surface area contributed by atoms with Gasteiger partial charge in [-0.15, -0.1) is 0 Å². The van der Waals surface area contributed by atoms with Gasteiger partial charge in [0, 0.05) is 23.5 Å². The van der Waals surface area contributed by atoms with E-state index in [0.717, 1.165) is 22.3 Å². The number of aliphatic hydroxyl groups excluding tert-OH is 1. The third kappa shape index (κ3) is 4.52. The van der Waals surface area contributed by atoms with E-state index in [-0.39, 0.29) is 30.2 Å². The molecular formula is C24H23N3O4. The van der Waals surface area contributed by atoms with Crippen molar-refractivity contribution < 1.29 is 14.9 Å². The van der Waals surface area contributed by atoms with Crippen molar-refractivity contribution in [1.82, 2.24) is 9.97 Å². The molecule has 7 heteroatoms. The van der Waals surface area contributed by atoms with Gasteiger partial charge in [0.15, 0.2) is 0 Å². The van der Waals surface area contributed by atoms with Crippen LogP contribution in [0.4, 0.5) is 0 Å². The molecule has 1 aliphatic heterocycles. The second-order valence-electron chi connectivity index (χ2n) is 7.71. The van der Waals surface area contributed by atoms with Gasteiger partial charge in [0.25, 0.3) is 5.56 Å². The minimum Gasteiger partial charge on any atom is -0.502 e. The third-order valence-corrected chi connectivity index (χ3v) is 5.48. The Kier molecular flexibility index (Phi) is 5.87. The van der Waals surface area contributed by atoms with Crippen LogP contribution in [0.1, 0.15) is 33.9 Å². The van der Waals surface area contributed by atoms with Crippen LogP contribution in [0.15, 0.2) is 59.7 Å². The van der Waals surface area contributed by atoms with Gasteiger partial charge >= 0.3 is 0 Å². The van der Waals surface area contributed by atoms with E-state index in [4.69, 9.17) is 10.5 Å². The Balaban J connectivity index is 1.45. The van der Waals surface area contributed by atoms with Crippen molar-refractivity contribution in [3.8, 4) is 17.6 Å². The van der Waals surface area contributed by atoms with E-state index >= 15 is 0 Å². The fourth-order valence-corrected chi connectivity index (χ4v) is 3.46. The Morgan fingerprint density at radius 2 is 1.71 bits per heavy atom. The number of benzene rings is 2. The molecule has 1 aromatic heterocycles. The van der Waals surface area contributed by atoms with Gasteiger partial charge in [-0.1, -0.05) is 36.1 Å². The molecule has 0 bridgehead atoms. The molecule has 1 fully saturated rings. The first-order chi connectivity index (χ1) is 15.0. The van der Waals surface area contributed by atoms with Gasteiger partial charge in [-0.25, -0.2) is 4.98 Å². The fourth-order valence-electron chi connectivity index (χ4n) is 3.46. The molecule has 7 nitrogen and oxygen atoms in total. The quantitative estimate of drug-likeness (QED) is 0.466. The zero-order valence-electron chi connectivity index (χ0n) is 16.8. The number of ether oxygens (including phenoxy) is 1. The number of aromatic nitrogens is 2. The van der Waals surface area contributed by atoms with Crippen LogP contribution in [-0.4, -0.2) is 40.0 Å². The second-order valence-corrected chi connectivity index (χ2v) is 7.71. The summed E-state index contributed by atoms with van der Waals surface area (Å²) < 4.78 is 5.21. The molecule has 0 amide bonds. The minimum absolute atomic E-state index is 0.140. The van der Waals surface area contributed by atoms with Gasteiger partial charge in [0.2, 0.25) is 5.75 Å². The highest BCUT2D eigenvalue weighted by molar-refractivity contribution is 5.45. The van der Waals surface area contributed by atoms with E-state index in [1.165, 1.54) is 6.33 Å². The van der Waals surface area contributed by atoms with Gasteiger partial charge in [-0.2, -0.15) is 0 Å². The lowest BCUT2D eigenvalue weighted by Crippen LogP contribution is -2.54. The fraction of sp³-hybridized carbons (Fsp3) is 0.250. The minimum atomic E-state index is -0.594. The van der Waals surface area contributed by atoms with Gasteiger partial charge in [-0.05, 0) is 35.4 Å². The van der Waals surface area contributed by atoms with E-state index in [2.05, 4.69) is 21.8 Å². The van der Waals surface area contributed by atoms with Crippen molar-refractivity contribution in [2.24, 2.45) is 5.73 Å². The number of aromatic hydroxyl groups is 1. The largest absolute Gasteiger partial charge is 0.502 e. The number of nitrogens with one attached hydrogen (secondary N) is 1. The first-order valence-corrected chi connectivity index (χ1v) is 9.94. The van der Waals surface area contributed by atoms with Gasteiger partial charge in [-0.3, -0.25) is 4.79 Å². The maximum absolute atomic E-state index is 11.5. The summed E-state index contributed by atoms with van der Waals surface area (Å²) >= 11 is 0. The summed E-state index contributed by atoms with van der Waals surface area (Å²) in [6.45, 7) is 0.935. The lowest BCUT2D eigenvalue weighted by molar-refractivity contribution is -0.0569. The maximum atomic E-state index is 11.5. The molecule has 1 atom stereocenters. The average Bonchev–Trinajstić information content (AvgIpc) is 2.78. The Labute approximate surface area is 179 Å². The topological polar surface area (TPSA) is 121 Å². The summed E-state index contributed by atoms with van der Waals surface area (Å²) in [6.07, 6.45) is 1.49. The SMILES string of the molecule is NC1(c2ccc(C#Cc3ccc(C(CO)Cc4nc[nH]c(=O)c4O)cc3)cc2)COC1. The maximum Gasteiger partial charge on any atom is 0.293 e. The summed E-state index contributed by atoms with van der Waals surface area (Å²) in [4.78, 5) is 17.9. The number of hydrogen-bond donors (Lipinski definition) is 4. The standard InChI is InChI=1S/C24H23N3O4/c25-24(13-31-14-24)20-9-5-17(6-10-20)2-1-16-3-7-18(8-4-16)19(12-28)11-21-22(29)23(30)27-15-26-21/h3-10,15,19,28-29H,11-14,25H2,(H,26,27,30). The normalized spacial score (nSPS) is 15.4. The summed E-state index contributed by atoms with van der Waals surface area (Å²) in [5.74, 6) is 5.56. The van der Waals surface area contributed by atoms with E-state index in [1.807, 2.05) is 48.5 Å². The Bertz CT molecular complexity index is 1170. The van der Waals surface area contributed by atoms with Crippen molar-refractivity contribution in [2.45, 2.75) is 17.9 Å². The molecule has 1 saturated heterocycles. The van der Waals surface area contributed by atoms with Crippen LogP contribution in [0, 0.1) is 11.8 Å². The third-order valence-electron chi connectivity index (χ3n) is 5.48. The summed E-state index contributed by atoms with van der Waals surface area (Å²) in [6, 6.07) is 15.4. The molecule has 0 radical (unpaired) electrons. The lowest BCUT2D eigenvalue weighted by atomic mass is 9.89. The number of rotatable bonds is 5. The smallest absolute Gasteiger partial charge is 0.293 e. The lowest BCUT2D eigenvalue weighted by Gasteiger charge is -2.38. The van der Waals surface area contributed by atoms with Crippen LogP contribution < -0.4 is 11.3 Å². The molecular weight excluding hydrogens is 394 g/mol. The zero-order chi connectivity index (χ0) is 21.8. The molecule has 0 spiro atoms. The molecule has 0 aliphatic carbocycles. The summed E-state index contributed by atoms with van der Waals surface area (Å²) in [5.41, 5.74) is 9.16. The van der Waals surface area contributed by atoms with Crippen LogP contribution in [0.25, 0.3) is 0 Å². The molecule has 5 N–H and O–H groups in total. The van der Waals surface area contributed by atoms with Crippen molar-refractivity contribution >= 4 is 0 Å². The molecule has 2 aromatic carbocycles. The molecule has 1 unspecified atom stereocenters. The van der Waals surface area contributed by atoms with Crippen molar-refractivity contribution in [3.05, 3.63) is 93.2 Å². The number of aliphatic hydroxyl groups is 1. The number of hydrogen-bond acceptors (Lipinski definition) is 6. The molecule has 3 aromatic rings. The van der Waals surface area contributed by atoms with Gasteiger partial charge in [0.1, 0.15) is 0 Å². The van der Waals surface area contributed by atoms with Gasteiger partial charge in [0.05, 0.1) is 37.4 Å². The second kappa shape index (κ2) is 8.74. The Hall–Kier alpha value is -3.44. The predicted molar refractivity (Wildman–Crippen MR) is 116 cm³/mol. The predicted octanol–water partition coefficient (Wildman–Crippen LogP) is 1.38. The molecule has 4 rings (SSSR count). The zero-order valence-corrected chi connectivity index (χ0v) is 16.8. The number of H-pyrrole nitrogens is 1. The van der Waals surface area contributed by atoms with Crippen LogP contribution >= 0.6 is 0 Å². The van der Waals surface area contributed by atoms with Crippen LogP contribution in [0.3, 0.4) is 0 Å². The van der Waals surface area contributed by atoms with E-state index in [1.54, 1.807) is 0 Å². The molecule has 31 heavy (non-hydrogen) atoms. The first kappa shape index (κ1) is 20.8. The van der Waals surface area contributed by atoms with Gasteiger partial charge < -0.3 is 25.7 Å². The van der Waals surface area contributed by atoms with Crippen LogP contribution in [0.5, 0.6) is 5.75 Å². The van der Waals surface area contributed by atoms with Crippen LogP contribution in [-0.2, 0) is 16.7 Å². The highest BCUT2D eigenvalue weighted by atomic mass is 16.5. The average molecular weight is 417 g/mol. The molecule has 2 heterocycles. The molecule has 0 saturated carbocycles. The van der Waals surface area contributed by atoms with E-state index < -0.39 is 11.3 Å². The molecule has 158 valence electrons. The first-order valence-electron chi connectivity index (χ1n) is 9.94. The summed E-state index contributed by atoms with van der Waals surface area (Å²) in [7, 11) is 0. The van der Waals surface area contributed by atoms with Crippen LogP contribution in [0.2, 0.25) is 0 Å². The highest BCUT2D eigenvalue weighted by Gasteiger charge is 2.35. The number of nitrogens with zero attached hydrogens (tertiary/aromatic N) is 1. The van der Waals surface area contributed by atoms with Crippen molar-refractivity contribution in [1.29, 1.82) is 0 Å². The molecule has 1 aliphatic rings. The van der Waals surface area contributed by atoms with Crippen molar-refractivity contribution in [3.63, 3.8) is 0 Å².